The van der Waals surface area contributed by atoms with Crippen LogP contribution in [0.2, 0.25) is 0 Å². The fraction of sp³-hybridized carbons (Fsp3) is 0.579. The molecule has 1 amide bonds. The van der Waals surface area contributed by atoms with E-state index >= 15 is 0 Å². The van der Waals surface area contributed by atoms with Gasteiger partial charge in [-0.25, -0.2) is 4.79 Å². The van der Waals surface area contributed by atoms with E-state index < -0.39 is 23.2 Å². The predicted molar refractivity (Wildman–Crippen MR) is 93.0 cm³/mol. The number of nitrogens with zero attached hydrogens (tertiary/aromatic N) is 1. The van der Waals surface area contributed by atoms with Gasteiger partial charge in [0.15, 0.2) is 5.60 Å². The van der Waals surface area contributed by atoms with Gasteiger partial charge < -0.3 is 24.2 Å². The molecule has 142 valence electrons. The van der Waals surface area contributed by atoms with E-state index in [0.29, 0.717) is 29.8 Å². The topological polar surface area (TPSA) is 85.3 Å². The summed E-state index contributed by atoms with van der Waals surface area (Å²) in [5.41, 5.74) is -1.54. The summed E-state index contributed by atoms with van der Waals surface area (Å²) in [6, 6.07) is 4.28. The van der Waals surface area contributed by atoms with Gasteiger partial charge in [-0.2, -0.15) is 0 Å². The zero-order chi connectivity index (χ0) is 19.1. The smallest absolute Gasteiger partial charge is 0.337 e. The number of amides is 1. The molecule has 0 aromatic heterocycles. The predicted octanol–water partition coefficient (Wildman–Crippen LogP) is 1.69. The molecule has 2 aliphatic rings. The summed E-state index contributed by atoms with van der Waals surface area (Å²) in [4.78, 5) is 26.1. The van der Waals surface area contributed by atoms with Crippen LogP contribution in [0.15, 0.2) is 18.2 Å². The van der Waals surface area contributed by atoms with Crippen molar-refractivity contribution in [2.75, 3.05) is 27.4 Å². The van der Waals surface area contributed by atoms with Crippen LogP contribution in [-0.4, -0.2) is 60.5 Å². The third kappa shape index (κ3) is 2.75. The number of carbonyl (C=O) groups excluding carboxylic acids is 2. The summed E-state index contributed by atoms with van der Waals surface area (Å²) in [6.45, 7) is 4.11. The zero-order valence-electron chi connectivity index (χ0n) is 15.6. The Morgan fingerprint density at radius 3 is 2.69 bits per heavy atom. The van der Waals surface area contributed by atoms with Crippen LogP contribution in [0, 0.1) is 0 Å². The molecule has 26 heavy (non-hydrogen) atoms. The number of aliphatic hydroxyl groups is 1. The fourth-order valence-corrected chi connectivity index (χ4v) is 3.90. The van der Waals surface area contributed by atoms with Gasteiger partial charge in [0, 0.05) is 25.6 Å². The number of likely N-dealkylation sites (tertiary alicyclic amines) is 1. The molecule has 3 unspecified atom stereocenters. The van der Waals surface area contributed by atoms with Gasteiger partial charge >= 0.3 is 5.97 Å². The van der Waals surface area contributed by atoms with E-state index in [4.69, 9.17) is 14.2 Å². The molecule has 0 saturated carbocycles. The van der Waals surface area contributed by atoms with Gasteiger partial charge in [-0.15, -0.1) is 0 Å². The molecule has 3 atom stereocenters. The van der Waals surface area contributed by atoms with Crippen LogP contribution in [0.1, 0.15) is 48.7 Å². The third-order valence-electron chi connectivity index (χ3n) is 5.51. The average molecular weight is 363 g/mol. The highest BCUT2D eigenvalue weighted by molar-refractivity contribution is 5.90. The van der Waals surface area contributed by atoms with Crippen molar-refractivity contribution in [2.24, 2.45) is 0 Å². The molecule has 0 spiro atoms. The molecule has 7 nitrogen and oxygen atoms in total. The van der Waals surface area contributed by atoms with Gasteiger partial charge in [-0.3, -0.25) is 4.79 Å². The molecule has 1 N–H and O–H groups in total. The van der Waals surface area contributed by atoms with Crippen molar-refractivity contribution in [1.82, 2.24) is 4.90 Å². The normalized spacial score (nSPS) is 30.7. The number of esters is 1. The molecule has 3 rings (SSSR count). The van der Waals surface area contributed by atoms with Crippen LogP contribution in [0.5, 0.6) is 5.75 Å². The Kier molecular flexibility index (Phi) is 4.71. The SMILES string of the molecule is COCC1(C)Oc2ccc(C(=O)OC)cc2C(N2CCCC2=O)C1(C)O. The highest BCUT2D eigenvalue weighted by Crippen LogP contribution is 2.50. The number of benzene rings is 1. The monoisotopic (exact) mass is 363 g/mol. The van der Waals surface area contributed by atoms with E-state index in [1.54, 1.807) is 36.9 Å². The first-order valence-corrected chi connectivity index (χ1v) is 8.67. The second-order valence-corrected chi connectivity index (χ2v) is 7.25. The van der Waals surface area contributed by atoms with Crippen LogP contribution >= 0.6 is 0 Å². The first kappa shape index (κ1) is 18.7. The summed E-state index contributed by atoms with van der Waals surface area (Å²) >= 11 is 0. The Balaban J connectivity index is 2.17. The van der Waals surface area contributed by atoms with Crippen molar-refractivity contribution in [3.05, 3.63) is 29.3 Å². The van der Waals surface area contributed by atoms with E-state index in [-0.39, 0.29) is 12.5 Å². The molecule has 0 aliphatic carbocycles. The van der Waals surface area contributed by atoms with Crippen LogP contribution in [0.4, 0.5) is 0 Å². The number of rotatable bonds is 4. The maximum absolute atomic E-state index is 12.5. The summed E-state index contributed by atoms with van der Waals surface area (Å²) < 4.78 is 16.2. The van der Waals surface area contributed by atoms with Crippen molar-refractivity contribution < 1.29 is 28.9 Å². The fourth-order valence-electron chi connectivity index (χ4n) is 3.90. The Bertz CT molecular complexity index is 731. The third-order valence-corrected chi connectivity index (χ3v) is 5.51. The van der Waals surface area contributed by atoms with E-state index in [1.165, 1.54) is 14.2 Å². The van der Waals surface area contributed by atoms with Gasteiger partial charge in [0.1, 0.15) is 11.4 Å². The average Bonchev–Trinajstić information content (AvgIpc) is 3.00. The molecular weight excluding hydrogens is 338 g/mol. The molecule has 2 heterocycles. The number of methoxy groups -OCH3 is 2. The quantitative estimate of drug-likeness (QED) is 0.820. The lowest BCUT2D eigenvalue weighted by Gasteiger charge is -2.53. The maximum Gasteiger partial charge on any atom is 0.337 e. The van der Waals surface area contributed by atoms with Gasteiger partial charge in [-0.1, -0.05) is 0 Å². The van der Waals surface area contributed by atoms with Crippen molar-refractivity contribution in [3.63, 3.8) is 0 Å². The van der Waals surface area contributed by atoms with Crippen molar-refractivity contribution >= 4 is 11.9 Å². The largest absolute Gasteiger partial charge is 0.482 e. The van der Waals surface area contributed by atoms with Gasteiger partial charge in [0.05, 0.1) is 25.3 Å². The molecule has 1 fully saturated rings. The maximum atomic E-state index is 12.5. The lowest BCUT2D eigenvalue weighted by Crippen LogP contribution is -2.65. The molecule has 1 aromatic carbocycles. The minimum absolute atomic E-state index is 0.0219. The van der Waals surface area contributed by atoms with Gasteiger partial charge in [0.2, 0.25) is 5.91 Å². The Hall–Kier alpha value is -2.12. The first-order valence-electron chi connectivity index (χ1n) is 8.67. The molecule has 0 bridgehead atoms. The Morgan fingerprint density at radius 2 is 2.12 bits per heavy atom. The van der Waals surface area contributed by atoms with Gasteiger partial charge in [0.25, 0.3) is 0 Å². The van der Waals surface area contributed by atoms with E-state index in [9.17, 15) is 14.7 Å². The lowest BCUT2D eigenvalue weighted by atomic mass is 9.74. The number of hydrogen-bond donors (Lipinski definition) is 1. The van der Waals surface area contributed by atoms with Crippen LogP contribution in [0.25, 0.3) is 0 Å². The van der Waals surface area contributed by atoms with Crippen molar-refractivity contribution in [3.8, 4) is 5.75 Å². The summed E-state index contributed by atoms with van der Waals surface area (Å²) in [7, 11) is 2.85. The summed E-state index contributed by atoms with van der Waals surface area (Å²) in [5.74, 6) is 0.0176. The standard InChI is InChI=1S/C19H25NO6/c1-18(11-24-3)19(2,23)16(20-9-5-6-15(20)21)13-10-12(17(22)25-4)7-8-14(13)26-18/h7-8,10,16,23H,5-6,9,11H2,1-4H3. The molecule has 7 heteroatoms. The highest BCUT2D eigenvalue weighted by atomic mass is 16.6. The van der Waals surface area contributed by atoms with E-state index in [1.807, 2.05) is 0 Å². The molecular formula is C19H25NO6. The van der Waals surface area contributed by atoms with Crippen LogP contribution in [-0.2, 0) is 14.3 Å². The first-order chi connectivity index (χ1) is 12.2. The number of carbonyl (C=O) groups is 2. The summed E-state index contributed by atoms with van der Waals surface area (Å²) in [5, 5.41) is 11.5. The molecule has 1 aromatic rings. The molecule has 1 saturated heterocycles. The minimum Gasteiger partial charge on any atom is -0.482 e. The Labute approximate surface area is 152 Å². The van der Waals surface area contributed by atoms with E-state index in [0.717, 1.165) is 6.42 Å². The highest BCUT2D eigenvalue weighted by Gasteiger charge is 2.58. The zero-order valence-corrected chi connectivity index (χ0v) is 15.6. The number of fused-ring (bicyclic) bond motifs is 1. The molecule has 2 aliphatic heterocycles. The van der Waals surface area contributed by atoms with Crippen LogP contribution in [0.3, 0.4) is 0 Å². The van der Waals surface area contributed by atoms with Crippen LogP contribution < -0.4 is 4.74 Å². The number of ether oxygens (including phenoxy) is 3. The number of hydrogen-bond acceptors (Lipinski definition) is 6. The Morgan fingerprint density at radius 1 is 1.38 bits per heavy atom. The van der Waals surface area contributed by atoms with Crippen molar-refractivity contribution in [1.29, 1.82) is 0 Å². The van der Waals surface area contributed by atoms with Gasteiger partial charge in [-0.05, 0) is 38.5 Å². The minimum atomic E-state index is -1.43. The second-order valence-electron chi connectivity index (χ2n) is 7.25. The second kappa shape index (κ2) is 6.55. The van der Waals surface area contributed by atoms with Crippen molar-refractivity contribution in [2.45, 2.75) is 43.9 Å². The lowest BCUT2D eigenvalue weighted by molar-refractivity contribution is -0.192. The molecule has 0 radical (unpaired) electrons. The van der Waals surface area contributed by atoms with E-state index in [2.05, 4.69) is 0 Å². The summed E-state index contributed by atoms with van der Waals surface area (Å²) in [6.07, 6.45) is 1.18.